The van der Waals surface area contributed by atoms with Crippen LogP contribution in [0, 0.1) is 6.92 Å². The minimum absolute atomic E-state index is 0.947. The summed E-state index contributed by atoms with van der Waals surface area (Å²) in [5.41, 5.74) is 5.21. The van der Waals surface area contributed by atoms with Gasteiger partial charge in [0.1, 0.15) is 0 Å². The summed E-state index contributed by atoms with van der Waals surface area (Å²) in [5, 5.41) is 3.48. The van der Waals surface area contributed by atoms with Crippen molar-refractivity contribution in [2.45, 2.75) is 13.5 Å². The van der Waals surface area contributed by atoms with E-state index in [0.29, 0.717) is 0 Å². The van der Waals surface area contributed by atoms with Gasteiger partial charge in [0.2, 0.25) is 0 Å². The number of nitrogens with zero attached hydrogens (tertiary/aromatic N) is 1. The molecule has 0 aliphatic carbocycles. The molecular weight excluding hydrogens is 300 g/mol. The molecule has 2 nitrogen and oxygen atoms in total. The second-order valence-electron chi connectivity index (χ2n) is 4.89. The average Bonchev–Trinajstić information content (AvgIpc) is 2.64. The van der Waals surface area contributed by atoms with Crippen molar-refractivity contribution in [3.63, 3.8) is 0 Å². The number of benzene rings is 2. The molecular formula is C16H17BrN2. The van der Waals surface area contributed by atoms with Crippen molar-refractivity contribution < 1.29 is 0 Å². The van der Waals surface area contributed by atoms with E-state index < -0.39 is 0 Å². The van der Waals surface area contributed by atoms with E-state index in [4.69, 9.17) is 0 Å². The summed E-state index contributed by atoms with van der Waals surface area (Å²) in [6.45, 7) is 5.08. The molecule has 0 amide bonds. The Balaban J connectivity index is 2.06. The van der Waals surface area contributed by atoms with Crippen LogP contribution >= 0.6 is 15.9 Å². The number of para-hydroxylation sites is 1. The van der Waals surface area contributed by atoms with E-state index in [1.807, 2.05) is 0 Å². The monoisotopic (exact) mass is 316 g/mol. The van der Waals surface area contributed by atoms with Crippen molar-refractivity contribution in [3.8, 4) is 0 Å². The fraction of sp³-hybridized carbons (Fsp3) is 0.250. The molecule has 0 unspecified atom stereocenters. The topological polar surface area (TPSA) is 15.3 Å². The molecule has 3 rings (SSSR count). The first-order chi connectivity index (χ1) is 9.25. The van der Waals surface area contributed by atoms with Crippen LogP contribution in [0.1, 0.15) is 11.1 Å². The Morgan fingerprint density at radius 1 is 1.16 bits per heavy atom. The molecule has 19 heavy (non-hydrogen) atoms. The van der Waals surface area contributed by atoms with Gasteiger partial charge in [-0.1, -0.05) is 34.1 Å². The number of fused-ring (bicyclic) bond motifs is 1. The van der Waals surface area contributed by atoms with Gasteiger partial charge < -0.3 is 10.2 Å². The molecule has 0 atom stereocenters. The zero-order valence-electron chi connectivity index (χ0n) is 11.0. The molecule has 2 aromatic carbocycles. The zero-order chi connectivity index (χ0) is 13.2. The number of rotatable bonds is 1. The van der Waals surface area contributed by atoms with Crippen molar-refractivity contribution in [1.29, 1.82) is 0 Å². The summed E-state index contributed by atoms with van der Waals surface area (Å²) in [6.07, 6.45) is 0. The Kier molecular flexibility index (Phi) is 3.58. The van der Waals surface area contributed by atoms with Gasteiger partial charge in [-0.15, -0.1) is 0 Å². The molecule has 0 radical (unpaired) electrons. The molecule has 1 aliphatic heterocycles. The number of hydrogen-bond acceptors (Lipinski definition) is 2. The first kappa shape index (κ1) is 12.7. The van der Waals surface area contributed by atoms with Crippen LogP contribution in [-0.2, 0) is 6.54 Å². The van der Waals surface area contributed by atoms with E-state index in [2.05, 4.69) is 75.5 Å². The van der Waals surface area contributed by atoms with Crippen LogP contribution in [0.4, 0.5) is 11.4 Å². The van der Waals surface area contributed by atoms with Gasteiger partial charge in [0.15, 0.2) is 0 Å². The first-order valence-electron chi connectivity index (χ1n) is 6.58. The quantitative estimate of drug-likeness (QED) is 0.855. The Labute approximate surface area is 122 Å². The summed E-state index contributed by atoms with van der Waals surface area (Å²) in [6, 6.07) is 15.2. The second kappa shape index (κ2) is 5.35. The summed E-state index contributed by atoms with van der Waals surface area (Å²) >= 11 is 3.57. The standard InChI is InChI=1S/C16H17BrN2/c1-12-10-14(6-7-15(12)17)19-9-8-18-11-13-4-2-3-5-16(13)19/h2-7,10,18H,8-9,11H2,1H3. The molecule has 0 saturated carbocycles. The summed E-state index contributed by atoms with van der Waals surface area (Å²) in [7, 11) is 0. The van der Waals surface area contributed by atoms with Crippen molar-refractivity contribution in [1.82, 2.24) is 5.32 Å². The molecule has 98 valence electrons. The van der Waals surface area contributed by atoms with Crippen LogP contribution in [0.25, 0.3) is 0 Å². The number of aryl methyl sites for hydroxylation is 1. The van der Waals surface area contributed by atoms with Crippen molar-refractivity contribution in [2.24, 2.45) is 0 Å². The van der Waals surface area contributed by atoms with Crippen LogP contribution in [0.5, 0.6) is 0 Å². The van der Waals surface area contributed by atoms with Gasteiger partial charge in [0.25, 0.3) is 0 Å². The van der Waals surface area contributed by atoms with Crippen molar-refractivity contribution >= 4 is 27.3 Å². The lowest BCUT2D eigenvalue weighted by atomic mass is 10.1. The Morgan fingerprint density at radius 3 is 2.84 bits per heavy atom. The van der Waals surface area contributed by atoms with Crippen LogP contribution in [-0.4, -0.2) is 13.1 Å². The second-order valence-corrected chi connectivity index (χ2v) is 5.74. The van der Waals surface area contributed by atoms with E-state index in [1.165, 1.54) is 22.5 Å². The third-order valence-corrected chi connectivity index (χ3v) is 4.45. The molecule has 3 heteroatoms. The molecule has 0 aromatic heterocycles. The highest BCUT2D eigenvalue weighted by Crippen LogP contribution is 2.31. The van der Waals surface area contributed by atoms with Crippen LogP contribution in [0.2, 0.25) is 0 Å². The average molecular weight is 317 g/mol. The normalized spacial score (nSPS) is 14.9. The lowest BCUT2D eigenvalue weighted by Crippen LogP contribution is -2.24. The van der Waals surface area contributed by atoms with Crippen molar-refractivity contribution in [2.75, 3.05) is 18.0 Å². The largest absolute Gasteiger partial charge is 0.340 e. The number of anilines is 2. The van der Waals surface area contributed by atoms with Gasteiger partial charge in [-0.2, -0.15) is 0 Å². The lowest BCUT2D eigenvalue weighted by Gasteiger charge is -2.25. The molecule has 1 N–H and O–H groups in total. The van der Waals surface area contributed by atoms with Crippen LogP contribution in [0.15, 0.2) is 46.9 Å². The molecule has 0 spiro atoms. The van der Waals surface area contributed by atoms with E-state index >= 15 is 0 Å². The van der Waals surface area contributed by atoms with Gasteiger partial charge in [0, 0.05) is 35.5 Å². The van der Waals surface area contributed by atoms with E-state index in [1.54, 1.807) is 0 Å². The predicted octanol–water partition coefficient (Wildman–Crippen LogP) is 4.00. The van der Waals surface area contributed by atoms with Gasteiger partial charge >= 0.3 is 0 Å². The van der Waals surface area contributed by atoms with Crippen LogP contribution in [0.3, 0.4) is 0 Å². The lowest BCUT2D eigenvalue weighted by molar-refractivity contribution is 0.712. The maximum absolute atomic E-state index is 3.57. The third kappa shape index (κ3) is 2.53. The summed E-state index contributed by atoms with van der Waals surface area (Å²) < 4.78 is 1.16. The third-order valence-electron chi connectivity index (χ3n) is 3.56. The minimum atomic E-state index is 0.947. The fourth-order valence-electron chi connectivity index (χ4n) is 2.52. The van der Waals surface area contributed by atoms with Crippen molar-refractivity contribution in [3.05, 3.63) is 58.1 Å². The Bertz CT molecular complexity index is 595. The molecule has 0 bridgehead atoms. The summed E-state index contributed by atoms with van der Waals surface area (Å²) in [4.78, 5) is 2.40. The maximum atomic E-state index is 3.57. The van der Waals surface area contributed by atoms with E-state index in [0.717, 1.165) is 24.1 Å². The van der Waals surface area contributed by atoms with Gasteiger partial charge in [-0.25, -0.2) is 0 Å². The molecule has 1 aliphatic rings. The predicted molar refractivity (Wildman–Crippen MR) is 84.0 cm³/mol. The van der Waals surface area contributed by atoms with Gasteiger partial charge in [0.05, 0.1) is 0 Å². The Hall–Kier alpha value is -1.32. The molecule has 2 aromatic rings. The number of hydrogen-bond donors (Lipinski definition) is 1. The number of nitrogens with one attached hydrogen (secondary N) is 1. The fourth-order valence-corrected chi connectivity index (χ4v) is 2.77. The van der Waals surface area contributed by atoms with E-state index in [9.17, 15) is 0 Å². The molecule has 0 fully saturated rings. The highest BCUT2D eigenvalue weighted by Gasteiger charge is 2.16. The smallest absolute Gasteiger partial charge is 0.0456 e. The highest BCUT2D eigenvalue weighted by molar-refractivity contribution is 9.10. The minimum Gasteiger partial charge on any atom is -0.340 e. The maximum Gasteiger partial charge on any atom is 0.0456 e. The zero-order valence-corrected chi connectivity index (χ0v) is 12.6. The molecule has 1 heterocycles. The van der Waals surface area contributed by atoms with Gasteiger partial charge in [-0.05, 0) is 42.3 Å². The SMILES string of the molecule is Cc1cc(N2CCNCc3ccccc32)ccc1Br. The summed E-state index contributed by atoms with van der Waals surface area (Å²) in [5.74, 6) is 0. The van der Waals surface area contributed by atoms with Gasteiger partial charge in [-0.3, -0.25) is 0 Å². The molecule has 0 saturated heterocycles. The first-order valence-corrected chi connectivity index (χ1v) is 7.37. The highest BCUT2D eigenvalue weighted by atomic mass is 79.9. The Morgan fingerprint density at radius 2 is 2.00 bits per heavy atom. The van der Waals surface area contributed by atoms with Crippen LogP contribution < -0.4 is 10.2 Å². The number of halogens is 1. The van der Waals surface area contributed by atoms with E-state index in [-0.39, 0.29) is 0 Å².